The minimum Gasteiger partial charge on any atom is -0.480 e. The zero-order chi connectivity index (χ0) is 25.5. The van der Waals surface area contributed by atoms with Crippen molar-refractivity contribution in [2.45, 2.75) is 31.8 Å². The predicted octanol–water partition coefficient (Wildman–Crippen LogP) is 3.56. The summed E-state index contributed by atoms with van der Waals surface area (Å²) in [6.45, 7) is 0.980. The van der Waals surface area contributed by atoms with E-state index in [1.807, 2.05) is 29.2 Å². The highest BCUT2D eigenvalue weighted by atomic mass is 16.4. The highest BCUT2D eigenvalue weighted by Crippen LogP contribution is 2.25. The smallest absolute Gasteiger partial charge is 0.326 e. The molecule has 11 heteroatoms. The van der Waals surface area contributed by atoms with Crippen LogP contribution in [0.25, 0.3) is 17.0 Å². The van der Waals surface area contributed by atoms with Gasteiger partial charge in [0.05, 0.1) is 35.3 Å². The van der Waals surface area contributed by atoms with Gasteiger partial charge in [0.1, 0.15) is 17.6 Å². The number of nitrogen functional groups attached to an aromatic ring is 1. The van der Waals surface area contributed by atoms with Crippen molar-refractivity contribution in [1.29, 1.82) is 10.8 Å². The number of carbonyl (C=O) groups is 1. The Bertz CT molecular complexity index is 1350. The largest absolute Gasteiger partial charge is 0.480 e. The molecule has 1 aliphatic rings. The van der Waals surface area contributed by atoms with Crippen molar-refractivity contribution in [2.24, 2.45) is 5.11 Å². The summed E-state index contributed by atoms with van der Waals surface area (Å²) < 4.78 is 0. The Morgan fingerprint density at radius 1 is 1.25 bits per heavy atom. The normalized spacial score (nSPS) is 15.7. The number of rotatable bonds is 8. The van der Waals surface area contributed by atoms with Crippen LogP contribution < -0.4 is 16.0 Å². The number of nitrogens with one attached hydrogen (secondary N) is 2. The Morgan fingerprint density at radius 2 is 2.08 bits per heavy atom. The van der Waals surface area contributed by atoms with Crippen LogP contribution in [0.3, 0.4) is 0 Å². The maximum Gasteiger partial charge on any atom is 0.326 e. The summed E-state index contributed by atoms with van der Waals surface area (Å²) in [5.41, 5.74) is 16.5. The maximum atomic E-state index is 11.7. The van der Waals surface area contributed by atoms with Crippen LogP contribution in [0.4, 0.5) is 11.8 Å². The van der Waals surface area contributed by atoms with Gasteiger partial charge in [0.15, 0.2) is 0 Å². The summed E-state index contributed by atoms with van der Waals surface area (Å²) >= 11 is 0. The number of aromatic nitrogens is 3. The standard InChI is InChI=1S/C25H25N9O2/c26-13-16-5-3-6-17(11-16)19-12-20(32-25(27)31-19)21(33-28)15-29-14-18-7-4-9-23(30-18)34-10-2-1-8-22(34)24(35)36/h3-7,9,11-12,15,22,28-29H,1-2,8,10,14H2,(H,35,36)(H2,27,31,32)/b21-15-,33-28?. The molecule has 0 radical (unpaired) electrons. The Labute approximate surface area is 207 Å². The van der Waals surface area contributed by atoms with Gasteiger partial charge in [0.25, 0.3) is 0 Å². The van der Waals surface area contributed by atoms with Crippen molar-refractivity contribution < 1.29 is 9.90 Å². The molecular weight excluding hydrogens is 458 g/mol. The number of nitrogens with zero attached hydrogens (tertiary/aromatic N) is 6. The number of carboxylic acid groups (broad SMARTS) is 1. The van der Waals surface area contributed by atoms with Crippen molar-refractivity contribution in [1.82, 2.24) is 20.3 Å². The SMILES string of the molecule is N#Cc1cccc(-c2cc(/C(=C/NCc3cccc(N4CCCCC4C(=O)O)n3)N=N)nc(N)n2)c1. The van der Waals surface area contributed by atoms with Crippen LogP contribution in [0.1, 0.15) is 36.2 Å². The summed E-state index contributed by atoms with van der Waals surface area (Å²) in [5.74, 6) is -0.195. The van der Waals surface area contributed by atoms with Crippen LogP contribution in [-0.4, -0.2) is 38.6 Å². The van der Waals surface area contributed by atoms with E-state index in [1.54, 1.807) is 30.5 Å². The zero-order valence-corrected chi connectivity index (χ0v) is 19.4. The summed E-state index contributed by atoms with van der Waals surface area (Å²) in [5, 5.41) is 25.4. The van der Waals surface area contributed by atoms with Gasteiger partial charge in [0.2, 0.25) is 5.95 Å². The molecule has 2 aromatic heterocycles. The molecule has 1 aliphatic heterocycles. The number of aliphatic carboxylic acids is 1. The van der Waals surface area contributed by atoms with E-state index < -0.39 is 12.0 Å². The molecule has 0 aliphatic carbocycles. The van der Waals surface area contributed by atoms with Gasteiger partial charge < -0.3 is 21.1 Å². The molecule has 1 unspecified atom stereocenters. The lowest BCUT2D eigenvalue weighted by Crippen LogP contribution is -2.45. The number of hydrogen-bond acceptors (Lipinski definition) is 10. The molecule has 11 nitrogen and oxygen atoms in total. The van der Waals surface area contributed by atoms with E-state index >= 15 is 0 Å². The summed E-state index contributed by atoms with van der Waals surface area (Å²) in [6.07, 6.45) is 3.95. The van der Waals surface area contributed by atoms with E-state index in [0.29, 0.717) is 53.5 Å². The molecule has 182 valence electrons. The summed E-state index contributed by atoms with van der Waals surface area (Å²) in [7, 11) is 0. The van der Waals surface area contributed by atoms with E-state index in [9.17, 15) is 9.90 Å². The Kier molecular flexibility index (Phi) is 7.45. The van der Waals surface area contributed by atoms with Gasteiger partial charge in [-0.15, -0.1) is 0 Å². The van der Waals surface area contributed by atoms with Gasteiger partial charge in [-0.25, -0.2) is 25.3 Å². The Balaban J connectivity index is 1.52. The van der Waals surface area contributed by atoms with Crippen molar-refractivity contribution in [3.63, 3.8) is 0 Å². The first-order valence-corrected chi connectivity index (χ1v) is 11.4. The van der Waals surface area contributed by atoms with Crippen LogP contribution >= 0.6 is 0 Å². The van der Waals surface area contributed by atoms with Gasteiger partial charge in [-0.1, -0.05) is 18.2 Å². The number of carboxylic acids is 1. The molecule has 36 heavy (non-hydrogen) atoms. The lowest BCUT2D eigenvalue weighted by Gasteiger charge is -2.34. The molecule has 4 rings (SSSR count). The highest BCUT2D eigenvalue weighted by Gasteiger charge is 2.29. The van der Waals surface area contributed by atoms with Crippen molar-refractivity contribution >= 4 is 23.4 Å². The van der Waals surface area contributed by atoms with Gasteiger partial charge in [-0.2, -0.15) is 10.4 Å². The average molecular weight is 484 g/mol. The number of benzene rings is 1. The topological polar surface area (TPSA) is 177 Å². The van der Waals surface area contributed by atoms with Gasteiger partial charge in [0, 0.05) is 18.3 Å². The monoisotopic (exact) mass is 483 g/mol. The molecule has 5 N–H and O–H groups in total. The van der Waals surface area contributed by atoms with Crippen molar-refractivity contribution in [3.8, 4) is 17.3 Å². The Hall–Kier alpha value is -4.85. The minimum absolute atomic E-state index is 0.0169. The molecule has 0 amide bonds. The third kappa shape index (κ3) is 5.61. The fraction of sp³-hybridized carbons (Fsp3) is 0.240. The van der Waals surface area contributed by atoms with Crippen LogP contribution in [0, 0.1) is 16.9 Å². The van der Waals surface area contributed by atoms with Gasteiger partial charge in [-0.05, 0) is 49.6 Å². The second-order valence-electron chi connectivity index (χ2n) is 8.24. The quantitative estimate of drug-likeness (QED) is 0.349. The van der Waals surface area contributed by atoms with Crippen LogP contribution in [0.15, 0.2) is 59.8 Å². The average Bonchev–Trinajstić information content (AvgIpc) is 2.91. The third-order valence-electron chi connectivity index (χ3n) is 5.81. The molecule has 0 saturated carbocycles. The van der Waals surface area contributed by atoms with E-state index in [-0.39, 0.29) is 11.6 Å². The zero-order valence-electron chi connectivity index (χ0n) is 19.4. The van der Waals surface area contributed by atoms with Crippen molar-refractivity contribution in [2.75, 3.05) is 17.2 Å². The second kappa shape index (κ2) is 11.1. The maximum absolute atomic E-state index is 11.7. The lowest BCUT2D eigenvalue weighted by molar-refractivity contribution is -0.139. The van der Waals surface area contributed by atoms with E-state index in [2.05, 4.69) is 31.5 Å². The molecule has 0 bridgehead atoms. The number of piperidine rings is 1. The molecule has 1 fully saturated rings. The van der Waals surface area contributed by atoms with Crippen LogP contribution in [-0.2, 0) is 11.3 Å². The molecule has 1 atom stereocenters. The molecule has 3 heterocycles. The van der Waals surface area contributed by atoms with E-state index in [4.69, 9.17) is 16.5 Å². The third-order valence-corrected chi connectivity index (χ3v) is 5.81. The highest BCUT2D eigenvalue weighted by molar-refractivity contribution is 5.78. The molecule has 1 aromatic carbocycles. The number of nitrogens with two attached hydrogens (primary N) is 1. The van der Waals surface area contributed by atoms with Gasteiger partial charge in [-0.3, -0.25) is 0 Å². The first kappa shape index (κ1) is 24.3. The minimum atomic E-state index is -0.840. The number of pyridine rings is 1. The fourth-order valence-corrected chi connectivity index (χ4v) is 4.10. The molecule has 0 spiro atoms. The number of nitriles is 1. The van der Waals surface area contributed by atoms with E-state index in [0.717, 1.165) is 12.8 Å². The second-order valence-corrected chi connectivity index (χ2v) is 8.24. The first-order valence-electron chi connectivity index (χ1n) is 11.4. The van der Waals surface area contributed by atoms with Crippen molar-refractivity contribution in [3.05, 3.63) is 71.7 Å². The molecule has 1 saturated heterocycles. The molecule has 3 aromatic rings. The fourth-order valence-electron chi connectivity index (χ4n) is 4.10. The number of hydrogen-bond donors (Lipinski definition) is 4. The first-order chi connectivity index (χ1) is 17.5. The van der Waals surface area contributed by atoms with E-state index in [1.165, 1.54) is 0 Å². The summed E-state index contributed by atoms with van der Waals surface area (Å²) in [6, 6.07) is 15.6. The van der Waals surface area contributed by atoms with Crippen LogP contribution in [0.5, 0.6) is 0 Å². The molecular formula is C25H25N9O2. The van der Waals surface area contributed by atoms with Gasteiger partial charge >= 0.3 is 5.97 Å². The Morgan fingerprint density at radius 3 is 2.86 bits per heavy atom. The summed E-state index contributed by atoms with van der Waals surface area (Å²) in [4.78, 5) is 26.6. The number of anilines is 2. The lowest BCUT2D eigenvalue weighted by atomic mass is 10.0. The van der Waals surface area contributed by atoms with Crippen LogP contribution in [0.2, 0.25) is 0 Å². The predicted molar refractivity (Wildman–Crippen MR) is 133 cm³/mol.